The third-order valence-corrected chi connectivity index (χ3v) is 4.05. The van der Waals surface area contributed by atoms with Crippen molar-refractivity contribution in [1.29, 1.82) is 0 Å². The highest BCUT2D eigenvalue weighted by molar-refractivity contribution is 6.33. The van der Waals surface area contributed by atoms with E-state index in [9.17, 15) is 4.79 Å². The summed E-state index contributed by atoms with van der Waals surface area (Å²) < 4.78 is 0. The number of rotatable bonds is 3. The van der Waals surface area contributed by atoms with Crippen LogP contribution < -0.4 is 10.2 Å². The van der Waals surface area contributed by atoms with Crippen molar-refractivity contribution >= 4 is 29.1 Å². The second-order valence-electron chi connectivity index (χ2n) is 5.30. The number of nitrogens with one attached hydrogen (secondary N) is 1. The first-order valence-corrected chi connectivity index (χ1v) is 7.67. The third-order valence-electron chi connectivity index (χ3n) is 3.72. The van der Waals surface area contributed by atoms with Crippen molar-refractivity contribution in [3.05, 3.63) is 46.7 Å². The number of aromatic nitrogens is 2. The van der Waals surface area contributed by atoms with Gasteiger partial charge in [-0.05, 0) is 31.9 Å². The summed E-state index contributed by atoms with van der Waals surface area (Å²) in [5, 5.41) is 3.29. The molecule has 0 aliphatic carbocycles. The fourth-order valence-corrected chi connectivity index (χ4v) is 2.68. The highest BCUT2D eigenvalue weighted by Crippen LogP contribution is 2.22. The number of aryl methyl sites for hydroxylation is 1. The molecule has 114 valence electrons. The fourth-order valence-electron chi connectivity index (χ4n) is 2.50. The van der Waals surface area contributed by atoms with Crippen LogP contribution in [0.5, 0.6) is 0 Å². The first kappa shape index (κ1) is 14.8. The Morgan fingerprint density at radius 2 is 2.00 bits per heavy atom. The van der Waals surface area contributed by atoms with Crippen LogP contribution in [0.2, 0.25) is 5.02 Å². The normalized spacial score (nSPS) is 14.2. The van der Waals surface area contributed by atoms with E-state index < -0.39 is 0 Å². The highest BCUT2D eigenvalue weighted by atomic mass is 35.5. The maximum Gasteiger partial charge on any atom is 0.259 e. The Morgan fingerprint density at radius 3 is 2.68 bits per heavy atom. The zero-order valence-electron chi connectivity index (χ0n) is 12.3. The quantitative estimate of drug-likeness (QED) is 0.944. The van der Waals surface area contributed by atoms with E-state index in [0.717, 1.165) is 25.9 Å². The molecular weight excluding hydrogens is 300 g/mol. The molecule has 1 saturated heterocycles. The van der Waals surface area contributed by atoms with Gasteiger partial charge in [-0.25, -0.2) is 9.97 Å². The molecule has 0 atom stereocenters. The molecule has 22 heavy (non-hydrogen) atoms. The lowest BCUT2D eigenvalue weighted by Gasteiger charge is -2.16. The lowest BCUT2D eigenvalue weighted by molar-refractivity contribution is 0.102. The fraction of sp³-hybridized carbons (Fsp3) is 0.312. The summed E-state index contributed by atoms with van der Waals surface area (Å²) in [6.07, 6.45) is 3.91. The van der Waals surface area contributed by atoms with Gasteiger partial charge >= 0.3 is 0 Å². The van der Waals surface area contributed by atoms with Gasteiger partial charge in [-0.3, -0.25) is 4.79 Å². The predicted molar refractivity (Wildman–Crippen MR) is 87.6 cm³/mol. The van der Waals surface area contributed by atoms with Crippen molar-refractivity contribution in [2.45, 2.75) is 19.8 Å². The molecule has 1 aromatic carbocycles. The molecule has 2 heterocycles. The van der Waals surface area contributed by atoms with Gasteiger partial charge in [0.25, 0.3) is 5.91 Å². The molecular formula is C16H17ClN4O. The van der Waals surface area contributed by atoms with Crippen LogP contribution in [0.15, 0.2) is 30.5 Å². The molecule has 5 nitrogen and oxygen atoms in total. The van der Waals surface area contributed by atoms with Gasteiger partial charge in [0.05, 0.1) is 22.0 Å². The molecule has 1 N–H and O–H groups in total. The largest absolute Gasteiger partial charge is 0.341 e. The molecule has 0 unspecified atom stereocenters. The lowest BCUT2D eigenvalue weighted by atomic mass is 10.2. The molecule has 0 bridgehead atoms. The first-order valence-electron chi connectivity index (χ1n) is 7.29. The van der Waals surface area contributed by atoms with E-state index in [1.807, 2.05) is 19.1 Å². The third kappa shape index (κ3) is 3.04. The molecule has 0 spiro atoms. The van der Waals surface area contributed by atoms with Crippen molar-refractivity contribution in [3.63, 3.8) is 0 Å². The minimum absolute atomic E-state index is 0.251. The molecule has 6 heteroatoms. The number of carbonyl (C=O) groups is 1. The number of hydrogen-bond acceptors (Lipinski definition) is 4. The van der Waals surface area contributed by atoms with Gasteiger partial charge in [-0.2, -0.15) is 0 Å². The van der Waals surface area contributed by atoms with Gasteiger partial charge in [0.1, 0.15) is 0 Å². The standard InChI is InChI=1S/C16H17ClN4O/c1-11-12(10-18-16(19-11)21-8-4-5-9-21)15(22)20-14-7-3-2-6-13(14)17/h2-3,6-7,10H,4-5,8-9H2,1H3,(H,20,22). The van der Waals surface area contributed by atoms with Crippen molar-refractivity contribution in [2.75, 3.05) is 23.3 Å². The topological polar surface area (TPSA) is 58.1 Å². The smallest absolute Gasteiger partial charge is 0.259 e. The molecule has 0 radical (unpaired) electrons. The molecule has 0 saturated carbocycles. The first-order chi connectivity index (χ1) is 10.6. The van der Waals surface area contributed by atoms with Gasteiger partial charge in [-0.15, -0.1) is 0 Å². The molecule has 1 aromatic heterocycles. The van der Waals surface area contributed by atoms with E-state index in [0.29, 0.717) is 27.9 Å². The summed E-state index contributed by atoms with van der Waals surface area (Å²) in [6.45, 7) is 3.78. The van der Waals surface area contributed by atoms with E-state index in [2.05, 4.69) is 20.2 Å². The molecule has 1 aliphatic heterocycles. The summed E-state index contributed by atoms with van der Waals surface area (Å²) in [7, 11) is 0. The van der Waals surface area contributed by atoms with Gasteiger partial charge in [0.2, 0.25) is 5.95 Å². The van der Waals surface area contributed by atoms with Crippen molar-refractivity contribution < 1.29 is 4.79 Å². The number of halogens is 1. The second-order valence-corrected chi connectivity index (χ2v) is 5.70. The second kappa shape index (κ2) is 6.32. The van der Waals surface area contributed by atoms with Crippen LogP contribution in [0.25, 0.3) is 0 Å². The number of benzene rings is 1. The summed E-state index contributed by atoms with van der Waals surface area (Å²) in [5.41, 5.74) is 1.71. The number of hydrogen-bond donors (Lipinski definition) is 1. The Labute approximate surface area is 134 Å². The molecule has 2 aromatic rings. The minimum atomic E-state index is -0.251. The summed E-state index contributed by atoms with van der Waals surface area (Å²) in [6, 6.07) is 7.13. The van der Waals surface area contributed by atoms with Gasteiger partial charge in [0.15, 0.2) is 0 Å². The van der Waals surface area contributed by atoms with Crippen LogP contribution in [0, 0.1) is 6.92 Å². The van der Waals surface area contributed by atoms with Crippen LogP contribution in [-0.4, -0.2) is 29.0 Å². The predicted octanol–water partition coefficient (Wildman–Crippen LogP) is 3.29. The average molecular weight is 317 g/mol. The molecule has 3 rings (SSSR count). The Hall–Kier alpha value is -2.14. The van der Waals surface area contributed by atoms with Crippen molar-refractivity contribution in [1.82, 2.24) is 9.97 Å². The minimum Gasteiger partial charge on any atom is -0.341 e. The molecule has 1 fully saturated rings. The van der Waals surface area contributed by atoms with E-state index in [4.69, 9.17) is 11.6 Å². The monoisotopic (exact) mass is 316 g/mol. The maximum absolute atomic E-state index is 12.4. The number of carbonyl (C=O) groups excluding carboxylic acids is 1. The van der Waals surface area contributed by atoms with E-state index >= 15 is 0 Å². The van der Waals surface area contributed by atoms with Crippen LogP contribution >= 0.6 is 11.6 Å². The number of anilines is 2. The van der Waals surface area contributed by atoms with E-state index in [1.54, 1.807) is 18.3 Å². The lowest BCUT2D eigenvalue weighted by Crippen LogP contribution is -2.22. The zero-order chi connectivity index (χ0) is 15.5. The van der Waals surface area contributed by atoms with Gasteiger partial charge in [0, 0.05) is 19.3 Å². The Kier molecular flexibility index (Phi) is 4.24. The summed E-state index contributed by atoms with van der Waals surface area (Å²) in [4.78, 5) is 23.3. The van der Waals surface area contributed by atoms with Crippen LogP contribution in [0.4, 0.5) is 11.6 Å². The van der Waals surface area contributed by atoms with Crippen molar-refractivity contribution in [2.24, 2.45) is 0 Å². The van der Waals surface area contributed by atoms with Crippen LogP contribution in [0.3, 0.4) is 0 Å². The molecule has 1 amide bonds. The van der Waals surface area contributed by atoms with E-state index in [-0.39, 0.29) is 5.91 Å². The van der Waals surface area contributed by atoms with Crippen LogP contribution in [-0.2, 0) is 0 Å². The van der Waals surface area contributed by atoms with E-state index in [1.165, 1.54) is 0 Å². The Morgan fingerprint density at radius 1 is 1.27 bits per heavy atom. The summed E-state index contributed by atoms with van der Waals surface area (Å²) in [5.74, 6) is 0.447. The Bertz CT molecular complexity index is 698. The average Bonchev–Trinajstić information content (AvgIpc) is 3.03. The number of nitrogens with zero attached hydrogens (tertiary/aromatic N) is 3. The Balaban J connectivity index is 1.79. The van der Waals surface area contributed by atoms with Gasteiger partial charge in [-0.1, -0.05) is 23.7 Å². The maximum atomic E-state index is 12.4. The summed E-state index contributed by atoms with van der Waals surface area (Å²) >= 11 is 6.05. The van der Waals surface area contributed by atoms with Crippen LogP contribution in [0.1, 0.15) is 28.9 Å². The van der Waals surface area contributed by atoms with Crippen molar-refractivity contribution in [3.8, 4) is 0 Å². The number of amides is 1. The van der Waals surface area contributed by atoms with Gasteiger partial charge < -0.3 is 10.2 Å². The molecule has 1 aliphatic rings. The number of para-hydroxylation sites is 1. The highest BCUT2D eigenvalue weighted by Gasteiger charge is 2.18. The zero-order valence-corrected chi connectivity index (χ0v) is 13.1. The SMILES string of the molecule is Cc1nc(N2CCCC2)ncc1C(=O)Nc1ccccc1Cl.